The highest BCUT2D eigenvalue weighted by Gasteiger charge is 2.61. The quantitative estimate of drug-likeness (QED) is 0.790. The van der Waals surface area contributed by atoms with Gasteiger partial charge in [0.15, 0.2) is 0 Å². The first-order chi connectivity index (χ1) is 11.1. The summed E-state index contributed by atoms with van der Waals surface area (Å²) in [5, 5.41) is 11.9. The molecular formula is C18H21NO4. The lowest BCUT2D eigenvalue weighted by molar-refractivity contribution is -0.142. The van der Waals surface area contributed by atoms with Gasteiger partial charge in [-0.05, 0) is 31.7 Å². The molecular weight excluding hydrogens is 294 g/mol. The van der Waals surface area contributed by atoms with Crippen LogP contribution in [0.1, 0.15) is 31.2 Å². The number of amides is 1. The van der Waals surface area contributed by atoms with E-state index in [2.05, 4.69) is 11.9 Å². The minimum absolute atomic E-state index is 0.168. The molecule has 1 unspecified atom stereocenters. The third-order valence-electron chi connectivity index (χ3n) is 4.90. The number of carboxylic acid groups (broad SMARTS) is 1. The first-order valence-electron chi connectivity index (χ1n) is 7.95. The summed E-state index contributed by atoms with van der Waals surface area (Å²) < 4.78 is 5.66. The first-order valence-corrected chi connectivity index (χ1v) is 7.95. The summed E-state index contributed by atoms with van der Waals surface area (Å²) in [6.45, 7) is 4.19. The topological polar surface area (TPSA) is 75.6 Å². The number of hydrogen-bond acceptors (Lipinski definition) is 3. The molecule has 1 aromatic carbocycles. The molecule has 1 aliphatic carbocycles. The molecule has 1 amide bonds. The molecule has 1 heterocycles. The second-order valence-corrected chi connectivity index (χ2v) is 6.27. The minimum atomic E-state index is -0.998. The van der Waals surface area contributed by atoms with E-state index in [1.165, 1.54) is 0 Å². The molecule has 2 aliphatic rings. The molecule has 0 saturated heterocycles. The highest BCUT2D eigenvalue weighted by Crippen LogP contribution is 2.60. The van der Waals surface area contributed by atoms with Crippen molar-refractivity contribution in [1.82, 2.24) is 5.32 Å². The highest BCUT2D eigenvalue weighted by atomic mass is 16.5. The molecule has 23 heavy (non-hydrogen) atoms. The zero-order valence-electron chi connectivity index (χ0n) is 13.0. The van der Waals surface area contributed by atoms with E-state index in [1.807, 2.05) is 24.3 Å². The van der Waals surface area contributed by atoms with Crippen LogP contribution in [0.25, 0.3) is 0 Å². The van der Waals surface area contributed by atoms with Crippen molar-refractivity contribution in [3.63, 3.8) is 0 Å². The number of allylic oxidation sites excluding steroid dienone is 1. The molecule has 122 valence electrons. The molecule has 5 nitrogen and oxygen atoms in total. The van der Waals surface area contributed by atoms with Crippen molar-refractivity contribution in [1.29, 1.82) is 0 Å². The van der Waals surface area contributed by atoms with Crippen LogP contribution in [0.4, 0.5) is 0 Å². The van der Waals surface area contributed by atoms with Crippen LogP contribution in [0.5, 0.6) is 5.75 Å². The van der Waals surface area contributed by atoms with Crippen LogP contribution in [0.3, 0.4) is 0 Å². The van der Waals surface area contributed by atoms with E-state index in [0.29, 0.717) is 19.4 Å². The van der Waals surface area contributed by atoms with E-state index in [4.69, 9.17) is 4.74 Å². The van der Waals surface area contributed by atoms with Gasteiger partial charge in [0.25, 0.3) is 0 Å². The Morgan fingerprint density at radius 3 is 3.00 bits per heavy atom. The smallest absolute Gasteiger partial charge is 0.326 e. The maximum Gasteiger partial charge on any atom is 0.326 e. The highest BCUT2D eigenvalue weighted by molar-refractivity contribution is 5.88. The van der Waals surface area contributed by atoms with Crippen molar-refractivity contribution < 1.29 is 19.4 Å². The van der Waals surface area contributed by atoms with Crippen molar-refractivity contribution in [2.45, 2.75) is 37.1 Å². The summed E-state index contributed by atoms with van der Waals surface area (Å²) in [6, 6.07) is 6.95. The van der Waals surface area contributed by atoms with Gasteiger partial charge in [-0.2, -0.15) is 0 Å². The van der Waals surface area contributed by atoms with Crippen molar-refractivity contribution >= 4 is 11.9 Å². The predicted molar refractivity (Wildman–Crippen MR) is 85.3 cm³/mol. The Hall–Kier alpha value is -2.30. The largest absolute Gasteiger partial charge is 0.493 e. The lowest BCUT2D eigenvalue weighted by Gasteiger charge is -2.27. The molecule has 1 fully saturated rings. The Kier molecular flexibility index (Phi) is 4.11. The zero-order chi connectivity index (χ0) is 16.4. The monoisotopic (exact) mass is 315 g/mol. The number of hydrogen-bond donors (Lipinski definition) is 2. The summed E-state index contributed by atoms with van der Waals surface area (Å²) in [5.41, 5.74) is 0.893. The standard InChI is InChI=1S/C18H21NO4/c1-2-3-7-14(17(21)22)19-16(20)13-11-18(13)9-10-23-15-8-5-4-6-12(15)18/h2,4-6,8,13-14H,1,3,7,9-11H2,(H,19,20)(H,21,22)/t13-,14?,18-/m0/s1. The molecule has 1 aromatic rings. The number of benzene rings is 1. The average Bonchev–Trinajstić information content (AvgIpc) is 3.26. The number of nitrogens with one attached hydrogen (secondary N) is 1. The van der Waals surface area contributed by atoms with Gasteiger partial charge in [-0.15, -0.1) is 6.58 Å². The number of rotatable bonds is 6. The molecule has 1 spiro atoms. The van der Waals surface area contributed by atoms with Crippen molar-refractivity contribution in [2.75, 3.05) is 6.61 Å². The molecule has 0 aromatic heterocycles. The fourth-order valence-corrected chi connectivity index (χ4v) is 3.52. The molecule has 1 aliphatic heterocycles. The zero-order valence-corrected chi connectivity index (χ0v) is 13.0. The summed E-state index contributed by atoms with van der Waals surface area (Å²) in [6.07, 6.45) is 4.14. The van der Waals surface area contributed by atoms with Gasteiger partial charge in [-0.3, -0.25) is 4.79 Å². The molecule has 0 bridgehead atoms. The van der Waals surface area contributed by atoms with Gasteiger partial charge in [0.05, 0.1) is 6.61 Å². The Bertz CT molecular complexity index is 642. The first kappa shape index (κ1) is 15.6. The van der Waals surface area contributed by atoms with Crippen LogP contribution in [-0.4, -0.2) is 29.6 Å². The van der Waals surface area contributed by atoms with Crippen molar-refractivity contribution in [2.24, 2.45) is 5.92 Å². The van der Waals surface area contributed by atoms with E-state index in [-0.39, 0.29) is 17.2 Å². The number of fused-ring (bicyclic) bond motifs is 2. The number of carbonyl (C=O) groups is 2. The maximum absolute atomic E-state index is 12.5. The minimum Gasteiger partial charge on any atom is -0.493 e. The van der Waals surface area contributed by atoms with Crippen LogP contribution in [0.2, 0.25) is 0 Å². The fourth-order valence-electron chi connectivity index (χ4n) is 3.52. The lowest BCUT2D eigenvalue weighted by Crippen LogP contribution is -2.42. The van der Waals surface area contributed by atoms with Crippen LogP contribution in [-0.2, 0) is 15.0 Å². The fraction of sp³-hybridized carbons (Fsp3) is 0.444. The number of para-hydroxylation sites is 1. The molecule has 2 N–H and O–H groups in total. The predicted octanol–water partition coefficient (Wildman–Crippen LogP) is 2.26. The number of aliphatic carboxylic acids is 1. The Balaban J connectivity index is 1.72. The average molecular weight is 315 g/mol. The van der Waals surface area contributed by atoms with Gasteiger partial charge in [0.2, 0.25) is 5.91 Å². The van der Waals surface area contributed by atoms with Crippen LogP contribution < -0.4 is 10.1 Å². The van der Waals surface area contributed by atoms with E-state index < -0.39 is 12.0 Å². The van der Waals surface area contributed by atoms with Gasteiger partial charge in [0.1, 0.15) is 11.8 Å². The van der Waals surface area contributed by atoms with Gasteiger partial charge < -0.3 is 15.2 Å². The van der Waals surface area contributed by atoms with Crippen LogP contribution in [0, 0.1) is 5.92 Å². The van der Waals surface area contributed by atoms with Gasteiger partial charge in [-0.25, -0.2) is 4.79 Å². The second-order valence-electron chi connectivity index (χ2n) is 6.27. The molecule has 3 rings (SSSR count). The van der Waals surface area contributed by atoms with E-state index >= 15 is 0 Å². The SMILES string of the molecule is C=CCCC(NC(=O)[C@@H]1C[C@]12CCOc1ccccc12)C(=O)O. The molecule has 5 heteroatoms. The van der Waals surface area contributed by atoms with E-state index in [1.54, 1.807) is 6.08 Å². The summed E-state index contributed by atoms with van der Waals surface area (Å²) in [4.78, 5) is 23.8. The maximum atomic E-state index is 12.5. The lowest BCUT2D eigenvalue weighted by atomic mass is 9.87. The summed E-state index contributed by atoms with van der Waals surface area (Å²) in [7, 11) is 0. The Morgan fingerprint density at radius 2 is 2.26 bits per heavy atom. The number of ether oxygens (including phenoxy) is 1. The third kappa shape index (κ3) is 2.83. The van der Waals surface area contributed by atoms with E-state index in [0.717, 1.165) is 24.2 Å². The van der Waals surface area contributed by atoms with Crippen molar-refractivity contribution in [3.05, 3.63) is 42.5 Å². The summed E-state index contributed by atoms with van der Waals surface area (Å²) in [5.74, 6) is -0.492. The Labute approximate surface area is 135 Å². The normalized spacial score (nSPS) is 25.8. The molecule has 1 saturated carbocycles. The van der Waals surface area contributed by atoms with Gasteiger partial charge in [0, 0.05) is 16.9 Å². The Morgan fingerprint density at radius 1 is 1.48 bits per heavy atom. The van der Waals surface area contributed by atoms with Gasteiger partial charge >= 0.3 is 5.97 Å². The van der Waals surface area contributed by atoms with Crippen molar-refractivity contribution in [3.8, 4) is 5.75 Å². The number of carbonyl (C=O) groups excluding carboxylic acids is 1. The van der Waals surface area contributed by atoms with Crippen LogP contribution >= 0.6 is 0 Å². The summed E-state index contributed by atoms with van der Waals surface area (Å²) >= 11 is 0. The van der Waals surface area contributed by atoms with Crippen LogP contribution in [0.15, 0.2) is 36.9 Å². The van der Waals surface area contributed by atoms with E-state index in [9.17, 15) is 14.7 Å². The van der Waals surface area contributed by atoms with Gasteiger partial charge in [-0.1, -0.05) is 24.3 Å². The second kappa shape index (κ2) is 6.07. The molecule has 0 radical (unpaired) electrons. The third-order valence-corrected chi connectivity index (χ3v) is 4.90. The molecule has 3 atom stereocenters. The number of carboxylic acids is 1.